The highest BCUT2D eigenvalue weighted by Crippen LogP contribution is 2.35. The van der Waals surface area contributed by atoms with Crippen LogP contribution in [-0.4, -0.2) is 54.2 Å². The molecule has 0 saturated heterocycles. The van der Waals surface area contributed by atoms with E-state index in [1.54, 1.807) is 0 Å². The van der Waals surface area contributed by atoms with Gasteiger partial charge in [-0.25, -0.2) is 15.0 Å². The molecule has 0 spiro atoms. The number of rotatable bonds is 6. The van der Waals surface area contributed by atoms with Crippen molar-refractivity contribution in [3.63, 3.8) is 0 Å². The van der Waals surface area contributed by atoms with Crippen molar-refractivity contribution < 1.29 is 4.42 Å². The highest BCUT2D eigenvalue weighted by molar-refractivity contribution is 6.68. The molecule has 9 aromatic rings. The molecule has 0 aliphatic carbocycles. The number of hydrogen-bond acceptors (Lipinski definition) is 4. The number of benzene rings is 7. The van der Waals surface area contributed by atoms with Crippen molar-refractivity contribution in [3.8, 4) is 67.5 Å². The molecule has 0 N–H and O–H groups in total. The van der Waals surface area contributed by atoms with E-state index >= 15 is 0 Å². The standard InChI is InChI=1S/C45H24B5N3O/c46-38-37(39(47)41(49)42(50)40(38)48)28-17-15-26(16-18-28)25-11-13-27(14-12-25)31-19-21-33-34-22-20-32(24-36(34)54-35(33)23-31)45-52-43(29-7-3-1-4-8-29)51-44(53-45)30-9-5-2-6-10-30/h1-24H. The highest BCUT2D eigenvalue weighted by Gasteiger charge is 2.16. The Bertz CT molecular complexity index is 2770. The molecular weight excluding hydrogens is 653 g/mol. The Kier molecular flexibility index (Phi) is 8.43. The molecule has 0 saturated carbocycles. The molecule has 4 nitrogen and oxygen atoms in total. The molecule has 0 amide bonds. The molecule has 0 atom stereocenters. The summed E-state index contributed by atoms with van der Waals surface area (Å²) in [6.45, 7) is 0. The van der Waals surface area contributed by atoms with Crippen LogP contribution in [0.2, 0.25) is 0 Å². The average molecular weight is 677 g/mol. The molecule has 0 aliphatic heterocycles. The SMILES string of the molecule is [B]c1c([B])c([B])c(-c2ccc(-c3ccc(-c4ccc5c(c4)oc4cc(-c6nc(-c7ccccc7)nc(-c7ccccc7)n6)ccc45)cc3)cc2)c([B])c1[B]. The number of fused-ring (bicyclic) bond motifs is 3. The van der Waals surface area contributed by atoms with Gasteiger partial charge in [0.2, 0.25) is 0 Å². The maximum absolute atomic E-state index is 6.47. The van der Waals surface area contributed by atoms with Gasteiger partial charge in [0.1, 0.15) is 50.4 Å². The Morgan fingerprint density at radius 3 is 1.15 bits per heavy atom. The summed E-state index contributed by atoms with van der Waals surface area (Å²) in [5, 5.41) is 2.06. The van der Waals surface area contributed by atoms with Crippen LogP contribution in [0, 0.1) is 0 Å². The Morgan fingerprint density at radius 2 is 0.667 bits per heavy atom. The molecule has 54 heavy (non-hydrogen) atoms. The third kappa shape index (κ3) is 5.96. The van der Waals surface area contributed by atoms with E-state index in [2.05, 4.69) is 48.5 Å². The fraction of sp³-hybridized carbons (Fsp3) is 0. The third-order valence-corrected chi connectivity index (χ3v) is 9.86. The number of aromatic nitrogens is 3. The van der Waals surface area contributed by atoms with Crippen LogP contribution in [0.5, 0.6) is 0 Å². The van der Waals surface area contributed by atoms with E-state index in [1.807, 2.05) is 97.1 Å². The van der Waals surface area contributed by atoms with E-state index in [4.69, 9.17) is 58.6 Å². The second-order valence-electron chi connectivity index (χ2n) is 13.2. The minimum absolute atomic E-state index is 0.200. The van der Waals surface area contributed by atoms with Crippen LogP contribution < -0.4 is 27.3 Å². The van der Waals surface area contributed by atoms with Crippen molar-refractivity contribution in [2.24, 2.45) is 0 Å². The normalized spacial score (nSPS) is 11.3. The molecule has 0 unspecified atom stereocenters. The Hall–Kier alpha value is -6.33. The van der Waals surface area contributed by atoms with Gasteiger partial charge in [0.15, 0.2) is 17.5 Å². The zero-order chi connectivity index (χ0) is 36.9. The maximum Gasteiger partial charge on any atom is 0.164 e. The smallest absolute Gasteiger partial charge is 0.164 e. The zero-order valence-corrected chi connectivity index (χ0v) is 29.0. The van der Waals surface area contributed by atoms with Gasteiger partial charge in [0, 0.05) is 27.5 Å². The van der Waals surface area contributed by atoms with E-state index < -0.39 is 0 Å². The van der Waals surface area contributed by atoms with Crippen molar-refractivity contribution in [2.45, 2.75) is 0 Å². The topological polar surface area (TPSA) is 51.8 Å². The number of hydrogen-bond donors (Lipinski definition) is 0. The van der Waals surface area contributed by atoms with Gasteiger partial charge in [-0.05, 0) is 57.6 Å². The molecule has 0 aliphatic rings. The van der Waals surface area contributed by atoms with Crippen LogP contribution in [0.1, 0.15) is 0 Å². The summed E-state index contributed by atoms with van der Waals surface area (Å²) in [5.74, 6) is 1.80. The van der Waals surface area contributed by atoms with Crippen LogP contribution in [-0.2, 0) is 0 Å². The minimum atomic E-state index is 0.200. The molecule has 0 fully saturated rings. The van der Waals surface area contributed by atoms with Crippen molar-refractivity contribution in [1.29, 1.82) is 0 Å². The molecule has 9 heteroatoms. The molecule has 2 heterocycles. The van der Waals surface area contributed by atoms with E-state index in [-0.39, 0.29) is 16.4 Å². The van der Waals surface area contributed by atoms with Gasteiger partial charge in [0.05, 0.1) is 0 Å². The summed E-state index contributed by atoms with van der Waals surface area (Å²) in [6, 6.07) is 48.7. The van der Waals surface area contributed by atoms with Crippen molar-refractivity contribution in [2.75, 3.05) is 0 Å². The number of nitrogens with zero attached hydrogens (tertiary/aromatic N) is 3. The minimum Gasteiger partial charge on any atom is -0.456 e. The zero-order valence-electron chi connectivity index (χ0n) is 29.0. The first-order valence-corrected chi connectivity index (χ1v) is 17.4. The van der Waals surface area contributed by atoms with E-state index in [0.29, 0.717) is 34.0 Å². The van der Waals surface area contributed by atoms with E-state index in [0.717, 1.165) is 66.4 Å². The van der Waals surface area contributed by atoms with Gasteiger partial charge in [-0.15, -0.1) is 16.4 Å². The lowest BCUT2D eigenvalue weighted by molar-refractivity contribution is 0.669. The Labute approximate surface area is 319 Å². The lowest BCUT2D eigenvalue weighted by atomic mass is 9.59. The summed E-state index contributed by atoms with van der Waals surface area (Å²) in [6.07, 6.45) is 0. The van der Waals surface area contributed by atoms with E-state index in [1.165, 1.54) is 0 Å². The fourth-order valence-electron chi connectivity index (χ4n) is 6.88. The van der Waals surface area contributed by atoms with Gasteiger partial charge < -0.3 is 4.42 Å². The number of furan rings is 1. The van der Waals surface area contributed by atoms with Crippen LogP contribution in [0.15, 0.2) is 150 Å². The molecule has 0 bridgehead atoms. The first kappa shape index (κ1) is 33.5. The molecule has 10 radical (unpaired) electrons. The summed E-state index contributed by atoms with van der Waals surface area (Å²) in [7, 11) is 30.7. The molecule has 2 aromatic heterocycles. The Balaban J connectivity index is 1.01. The molecular formula is C45H24B5N3O. The van der Waals surface area contributed by atoms with Crippen molar-refractivity contribution >= 4 is 88.5 Å². The quantitative estimate of drug-likeness (QED) is 0.211. The van der Waals surface area contributed by atoms with Crippen molar-refractivity contribution in [1.82, 2.24) is 15.0 Å². The summed E-state index contributed by atoms with van der Waals surface area (Å²) in [5.41, 5.74) is 11.1. The predicted molar refractivity (Wildman–Crippen MR) is 227 cm³/mol. The predicted octanol–water partition coefficient (Wildman–Crippen LogP) is 5.74. The fourth-order valence-corrected chi connectivity index (χ4v) is 6.88. The largest absolute Gasteiger partial charge is 0.456 e. The van der Waals surface area contributed by atoms with Crippen LogP contribution in [0.25, 0.3) is 89.5 Å². The van der Waals surface area contributed by atoms with Crippen LogP contribution in [0.4, 0.5) is 0 Å². The van der Waals surface area contributed by atoms with Gasteiger partial charge in [-0.1, -0.05) is 132 Å². The Morgan fingerprint density at radius 1 is 0.315 bits per heavy atom. The van der Waals surface area contributed by atoms with Crippen LogP contribution in [0.3, 0.4) is 0 Å². The second-order valence-corrected chi connectivity index (χ2v) is 13.2. The monoisotopic (exact) mass is 677 g/mol. The highest BCUT2D eigenvalue weighted by atomic mass is 16.3. The van der Waals surface area contributed by atoms with Gasteiger partial charge in [0.25, 0.3) is 0 Å². The van der Waals surface area contributed by atoms with Crippen molar-refractivity contribution in [3.05, 3.63) is 146 Å². The first-order chi connectivity index (χ1) is 26.3. The lowest BCUT2D eigenvalue weighted by Crippen LogP contribution is -2.55. The summed E-state index contributed by atoms with van der Waals surface area (Å²) in [4.78, 5) is 14.6. The van der Waals surface area contributed by atoms with Gasteiger partial charge in [-0.2, -0.15) is 0 Å². The molecule has 240 valence electrons. The van der Waals surface area contributed by atoms with E-state index in [9.17, 15) is 0 Å². The second kappa shape index (κ2) is 13.6. The maximum atomic E-state index is 6.47. The lowest BCUT2D eigenvalue weighted by Gasteiger charge is -2.21. The van der Waals surface area contributed by atoms with Gasteiger partial charge >= 0.3 is 0 Å². The van der Waals surface area contributed by atoms with Gasteiger partial charge in [-0.3, -0.25) is 0 Å². The summed E-state index contributed by atoms with van der Waals surface area (Å²) < 4.78 is 6.47. The average Bonchev–Trinajstić information content (AvgIpc) is 3.60. The third-order valence-electron chi connectivity index (χ3n) is 9.86. The molecule has 9 rings (SSSR count). The van der Waals surface area contributed by atoms with Crippen LogP contribution >= 0.6 is 0 Å². The first-order valence-electron chi connectivity index (χ1n) is 17.4. The molecule has 7 aromatic carbocycles. The summed E-state index contributed by atoms with van der Waals surface area (Å²) >= 11 is 0.